The number of aryl methyl sites for hydroxylation is 1. The van der Waals surface area contributed by atoms with E-state index in [-0.39, 0.29) is 18.5 Å². The van der Waals surface area contributed by atoms with Crippen LogP contribution in [-0.2, 0) is 17.8 Å². The molecule has 140 valence electrons. The molecule has 1 N–H and O–H groups in total. The normalized spacial score (nSPS) is 16.4. The van der Waals surface area contributed by atoms with Crippen molar-refractivity contribution in [2.75, 3.05) is 6.54 Å². The molecule has 0 fully saturated rings. The van der Waals surface area contributed by atoms with Crippen LogP contribution in [0.1, 0.15) is 35.4 Å². The lowest BCUT2D eigenvalue weighted by molar-refractivity contribution is -0.134. The molecule has 3 heterocycles. The lowest BCUT2D eigenvalue weighted by Gasteiger charge is -2.35. The molecular formula is C20H22N4OS2. The van der Waals surface area contributed by atoms with Gasteiger partial charge in [0.05, 0.1) is 6.04 Å². The van der Waals surface area contributed by atoms with Gasteiger partial charge in [0.15, 0.2) is 10.6 Å². The molecule has 0 spiro atoms. The molecule has 2 aromatic heterocycles. The molecule has 0 aliphatic carbocycles. The molecule has 5 nitrogen and oxygen atoms in total. The summed E-state index contributed by atoms with van der Waals surface area (Å²) in [5.41, 5.74) is 3.43. The van der Waals surface area contributed by atoms with E-state index in [1.165, 1.54) is 16.0 Å². The molecule has 1 aliphatic rings. The Morgan fingerprint density at radius 2 is 2.11 bits per heavy atom. The van der Waals surface area contributed by atoms with E-state index in [0.717, 1.165) is 24.9 Å². The number of thiophene rings is 1. The molecule has 0 saturated carbocycles. The smallest absolute Gasteiger partial charge is 0.243 e. The minimum Gasteiger partial charge on any atom is -0.334 e. The first-order chi connectivity index (χ1) is 13.1. The Labute approximate surface area is 167 Å². The second kappa shape index (κ2) is 7.40. The van der Waals surface area contributed by atoms with Crippen LogP contribution < -0.4 is 0 Å². The first-order valence-electron chi connectivity index (χ1n) is 9.16. The maximum absolute atomic E-state index is 13.2. The van der Waals surface area contributed by atoms with Gasteiger partial charge in [-0.25, -0.2) is 0 Å². The Balaban J connectivity index is 1.61. The van der Waals surface area contributed by atoms with Crippen molar-refractivity contribution in [2.24, 2.45) is 0 Å². The number of nitrogens with one attached hydrogen (secondary N) is 1. The zero-order chi connectivity index (χ0) is 19.0. The van der Waals surface area contributed by atoms with Crippen molar-refractivity contribution < 1.29 is 4.79 Å². The number of aromatic nitrogens is 3. The summed E-state index contributed by atoms with van der Waals surface area (Å²) in [5, 5.41) is 9.33. The summed E-state index contributed by atoms with van der Waals surface area (Å²) < 4.78 is 2.28. The molecule has 1 amide bonds. The van der Waals surface area contributed by atoms with Crippen LogP contribution in [0.25, 0.3) is 11.4 Å². The van der Waals surface area contributed by atoms with Gasteiger partial charge >= 0.3 is 0 Å². The number of amides is 1. The van der Waals surface area contributed by atoms with Crippen molar-refractivity contribution >= 4 is 29.5 Å². The SMILES string of the molecule is CC[C@@H]1c2ccsc2CCN1C(=O)Cn1c(-c2ccc(C)cc2)n[nH]c1=S. The number of aromatic amines is 1. The third-order valence-corrected chi connectivity index (χ3v) is 6.47. The number of benzene rings is 1. The van der Waals surface area contributed by atoms with Crippen molar-refractivity contribution in [3.63, 3.8) is 0 Å². The molecule has 0 saturated heterocycles. The molecule has 7 heteroatoms. The van der Waals surface area contributed by atoms with Crippen molar-refractivity contribution in [1.82, 2.24) is 19.7 Å². The second-order valence-electron chi connectivity index (χ2n) is 6.86. The van der Waals surface area contributed by atoms with Crippen LogP contribution in [0.3, 0.4) is 0 Å². The number of hydrogen-bond donors (Lipinski definition) is 1. The van der Waals surface area contributed by atoms with Crippen molar-refractivity contribution in [2.45, 2.75) is 39.3 Å². The number of rotatable bonds is 4. The fourth-order valence-corrected chi connectivity index (χ4v) is 4.87. The van der Waals surface area contributed by atoms with Crippen LogP contribution in [0.4, 0.5) is 0 Å². The van der Waals surface area contributed by atoms with E-state index in [4.69, 9.17) is 12.2 Å². The van der Waals surface area contributed by atoms with Gasteiger partial charge in [0.1, 0.15) is 6.54 Å². The molecule has 1 aromatic carbocycles. The fraction of sp³-hybridized carbons (Fsp3) is 0.350. The molecular weight excluding hydrogens is 376 g/mol. The Hall–Kier alpha value is -2.25. The summed E-state index contributed by atoms with van der Waals surface area (Å²) in [5.74, 6) is 0.791. The van der Waals surface area contributed by atoms with Gasteiger partial charge in [0.25, 0.3) is 0 Å². The molecule has 1 aliphatic heterocycles. The van der Waals surface area contributed by atoms with E-state index < -0.39 is 0 Å². The molecule has 0 bridgehead atoms. The van der Waals surface area contributed by atoms with E-state index in [1.807, 2.05) is 36.1 Å². The molecule has 0 radical (unpaired) electrons. The highest BCUT2D eigenvalue weighted by Gasteiger charge is 2.30. The molecule has 0 unspecified atom stereocenters. The highest BCUT2D eigenvalue weighted by Crippen LogP contribution is 2.35. The van der Waals surface area contributed by atoms with Gasteiger partial charge in [-0.15, -0.1) is 11.3 Å². The maximum Gasteiger partial charge on any atom is 0.243 e. The van der Waals surface area contributed by atoms with Crippen LogP contribution in [0.15, 0.2) is 35.7 Å². The van der Waals surface area contributed by atoms with Crippen molar-refractivity contribution in [3.05, 3.63) is 56.5 Å². The first-order valence-corrected chi connectivity index (χ1v) is 10.4. The number of fused-ring (bicyclic) bond motifs is 1. The number of hydrogen-bond acceptors (Lipinski definition) is 4. The topological polar surface area (TPSA) is 53.9 Å². The van der Waals surface area contributed by atoms with Gasteiger partial charge in [-0.1, -0.05) is 36.8 Å². The Bertz CT molecular complexity index is 1020. The van der Waals surface area contributed by atoms with Gasteiger partial charge in [-0.3, -0.25) is 14.5 Å². The van der Waals surface area contributed by atoms with Crippen LogP contribution in [0.5, 0.6) is 0 Å². The summed E-state index contributed by atoms with van der Waals surface area (Å²) in [6.07, 6.45) is 1.84. The van der Waals surface area contributed by atoms with Crippen LogP contribution in [0, 0.1) is 11.7 Å². The van der Waals surface area contributed by atoms with Crippen molar-refractivity contribution in [1.29, 1.82) is 0 Å². The summed E-state index contributed by atoms with van der Waals surface area (Å²) in [6, 6.07) is 10.4. The number of H-pyrrole nitrogens is 1. The van der Waals surface area contributed by atoms with Crippen LogP contribution in [-0.4, -0.2) is 32.1 Å². The zero-order valence-electron chi connectivity index (χ0n) is 15.4. The average molecular weight is 399 g/mol. The van der Waals surface area contributed by atoms with Gasteiger partial charge in [0.2, 0.25) is 5.91 Å². The Morgan fingerprint density at radius 1 is 1.33 bits per heavy atom. The average Bonchev–Trinajstić information content (AvgIpc) is 3.29. The van der Waals surface area contributed by atoms with E-state index in [9.17, 15) is 4.79 Å². The fourth-order valence-electron chi connectivity index (χ4n) is 3.75. The highest BCUT2D eigenvalue weighted by atomic mass is 32.1. The lowest BCUT2D eigenvalue weighted by atomic mass is 9.98. The van der Waals surface area contributed by atoms with E-state index >= 15 is 0 Å². The molecule has 27 heavy (non-hydrogen) atoms. The van der Waals surface area contributed by atoms with Gasteiger partial charge in [0, 0.05) is 17.0 Å². The minimum atomic E-state index is 0.0876. The Kier molecular flexibility index (Phi) is 4.97. The van der Waals surface area contributed by atoms with E-state index in [2.05, 4.69) is 28.6 Å². The predicted octanol–water partition coefficient (Wildman–Crippen LogP) is 4.51. The van der Waals surface area contributed by atoms with Gasteiger partial charge in [-0.05, 0) is 49.0 Å². The summed E-state index contributed by atoms with van der Waals surface area (Å²) >= 11 is 7.19. The van der Waals surface area contributed by atoms with Crippen LogP contribution >= 0.6 is 23.6 Å². The summed E-state index contributed by atoms with van der Waals surface area (Å²) in [6.45, 7) is 5.15. The third-order valence-electron chi connectivity index (χ3n) is 5.16. The quantitative estimate of drug-likeness (QED) is 0.658. The molecule has 4 rings (SSSR count). The van der Waals surface area contributed by atoms with Crippen molar-refractivity contribution in [3.8, 4) is 11.4 Å². The molecule has 3 aromatic rings. The second-order valence-corrected chi connectivity index (χ2v) is 8.25. The van der Waals surface area contributed by atoms with E-state index in [1.54, 1.807) is 15.9 Å². The summed E-state index contributed by atoms with van der Waals surface area (Å²) in [4.78, 5) is 16.6. The number of nitrogens with zero attached hydrogens (tertiary/aromatic N) is 3. The Morgan fingerprint density at radius 3 is 2.85 bits per heavy atom. The monoisotopic (exact) mass is 398 g/mol. The standard InChI is InChI=1S/C20H22N4OS2/c1-3-16-15-9-11-27-17(15)8-10-23(16)18(25)12-24-19(21-22-20(24)26)14-6-4-13(2)5-7-14/h4-7,9,11,16H,3,8,10,12H2,1-2H3,(H,22,26)/t16-/m1/s1. The molecule has 1 atom stereocenters. The number of carbonyl (C=O) groups excluding carboxylic acids is 1. The number of carbonyl (C=O) groups is 1. The third kappa shape index (κ3) is 3.37. The van der Waals surface area contributed by atoms with E-state index in [0.29, 0.717) is 10.6 Å². The first kappa shape index (κ1) is 18.1. The lowest BCUT2D eigenvalue weighted by Crippen LogP contribution is -2.41. The van der Waals surface area contributed by atoms with Crippen LogP contribution in [0.2, 0.25) is 0 Å². The minimum absolute atomic E-state index is 0.0876. The largest absolute Gasteiger partial charge is 0.334 e. The maximum atomic E-state index is 13.2. The summed E-state index contributed by atoms with van der Waals surface area (Å²) in [7, 11) is 0. The highest BCUT2D eigenvalue weighted by molar-refractivity contribution is 7.71. The van der Waals surface area contributed by atoms with Gasteiger partial charge in [-0.2, -0.15) is 5.10 Å². The zero-order valence-corrected chi connectivity index (χ0v) is 17.1. The predicted molar refractivity (Wildman–Crippen MR) is 110 cm³/mol. The van der Waals surface area contributed by atoms with Gasteiger partial charge < -0.3 is 4.90 Å².